The van der Waals surface area contributed by atoms with Gasteiger partial charge in [-0.05, 0) is 31.2 Å². The van der Waals surface area contributed by atoms with Crippen molar-refractivity contribution in [1.29, 1.82) is 0 Å². The van der Waals surface area contributed by atoms with Crippen molar-refractivity contribution in [3.05, 3.63) is 46.8 Å². The second-order valence-electron chi connectivity index (χ2n) is 4.10. The molecule has 0 saturated carbocycles. The summed E-state index contributed by atoms with van der Waals surface area (Å²) in [4.78, 5) is 15.8. The third-order valence-electron chi connectivity index (χ3n) is 2.58. The number of hydrogen-bond donors (Lipinski definition) is 0. The number of furan rings is 1. The quantitative estimate of drug-likeness (QED) is 0.690. The fourth-order valence-corrected chi connectivity index (χ4v) is 1.89. The summed E-state index contributed by atoms with van der Waals surface area (Å²) in [7, 11) is 0. The Bertz CT molecular complexity index is 778. The van der Waals surface area contributed by atoms with Crippen LogP contribution in [0.5, 0.6) is 0 Å². The molecule has 1 aromatic carbocycles. The summed E-state index contributed by atoms with van der Waals surface area (Å²) >= 11 is 5.87. The van der Waals surface area contributed by atoms with Gasteiger partial charge in [-0.2, -0.15) is 4.98 Å². The molecule has 0 bridgehead atoms. The second-order valence-corrected chi connectivity index (χ2v) is 4.54. The molecule has 0 amide bonds. The van der Waals surface area contributed by atoms with E-state index in [1.165, 1.54) is 0 Å². The molecule has 0 aliphatic carbocycles. The topological polar surface area (TPSA) is 78.4 Å². The molecule has 0 aliphatic rings. The van der Waals surface area contributed by atoms with Gasteiger partial charge in [0.1, 0.15) is 5.58 Å². The van der Waals surface area contributed by atoms with E-state index in [9.17, 15) is 4.79 Å². The van der Waals surface area contributed by atoms with E-state index in [2.05, 4.69) is 10.1 Å². The Hall–Kier alpha value is -2.34. The Morgan fingerprint density at radius 2 is 2.25 bits per heavy atom. The highest BCUT2D eigenvalue weighted by Gasteiger charge is 2.15. The number of benzene rings is 1. The molecule has 3 rings (SSSR count). The van der Waals surface area contributed by atoms with E-state index in [4.69, 9.17) is 25.3 Å². The van der Waals surface area contributed by atoms with Crippen molar-refractivity contribution >= 4 is 28.5 Å². The van der Waals surface area contributed by atoms with Crippen molar-refractivity contribution in [3.8, 4) is 0 Å². The molecular weight excluding hydrogens is 284 g/mol. The van der Waals surface area contributed by atoms with Crippen LogP contribution >= 0.6 is 11.6 Å². The van der Waals surface area contributed by atoms with E-state index in [1.54, 1.807) is 31.2 Å². The number of aromatic nitrogens is 2. The summed E-state index contributed by atoms with van der Waals surface area (Å²) < 4.78 is 15.2. The number of carbonyl (C=O) groups is 1. The smallest absolute Gasteiger partial charge is 0.374 e. The predicted octanol–water partition coefficient (Wildman–Crippen LogP) is 3.13. The van der Waals surface area contributed by atoms with Crippen LogP contribution < -0.4 is 0 Å². The van der Waals surface area contributed by atoms with Crippen molar-refractivity contribution in [2.75, 3.05) is 0 Å². The molecule has 0 N–H and O–H groups in total. The normalized spacial score (nSPS) is 10.9. The number of aryl methyl sites for hydroxylation is 1. The molecule has 3 aromatic rings. The second kappa shape index (κ2) is 4.97. The Morgan fingerprint density at radius 3 is 3.00 bits per heavy atom. The molecule has 0 saturated heterocycles. The number of ether oxygens (including phenoxy) is 1. The van der Waals surface area contributed by atoms with Crippen LogP contribution in [-0.2, 0) is 11.3 Å². The summed E-state index contributed by atoms with van der Waals surface area (Å²) in [6.07, 6.45) is 0. The van der Waals surface area contributed by atoms with Gasteiger partial charge in [0, 0.05) is 10.4 Å². The number of esters is 1. The number of halogens is 1. The number of rotatable bonds is 3. The lowest BCUT2D eigenvalue weighted by atomic mass is 10.2. The van der Waals surface area contributed by atoms with E-state index in [1.807, 2.05) is 0 Å². The fourth-order valence-electron chi connectivity index (χ4n) is 1.71. The van der Waals surface area contributed by atoms with Gasteiger partial charge in [-0.1, -0.05) is 16.8 Å². The molecule has 102 valence electrons. The van der Waals surface area contributed by atoms with Crippen LogP contribution in [0.2, 0.25) is 5.02 Å². The van der Waals surface area contributed by atoms with Crippen molar-refractivity contribution in [3.63, 3.8) is 0 Å². The Kier molecular flexibility index (Phi) is 3.15. The highest BCUT2D eigenvalue weighted by Crippen LogP contribution is 2.23. The minimum absolute atomic E-state index is 0.0958. The number of fused-ring (bicyclic) bond motifs is 1. The molecule has 0 aliphatic heterocycles. The predicted molar refractivity (Wildman–Crippen MR) is 69.4 cm³/mol. The minimum Gasteiger partial charge on any atom is -0.450 e. The van der Waals surface area contributed by atoms with E-state index in [0.29, 0.717) is 16.4 Å². The first-order valence-corrected chi connectivity index (χ1v) is 6.15. The van der Waals surface area contributed by atoms with E-state index < -0.39 is 5.97 Å². The highest BCUT2D eigenvalue weighted by molar-refractivity contribution is 6.31. The minimum atomic E-state index is -0.604. The zero-order valence-corrected chi connectivity index (χ0v) is 11.2. The Labute approximate surface area is 118 Å². The summed E-state index contributed by atoms with van der Waals surface area (Å²) in [5, 5.41) is 4.90. The van der Waals surface area contributed by atoms with Gasteiger partial charge < -0.3 is 13.7 Å². The van der Waals surface area contributed by atoms with Crippen molar-refractivity contribution in [1.82, 2.24) is 10.1 Å². The third kappa shape index (κ3) is 2.50. The summed E-state index contributed by atoms with van der Waals surface area (Å²) in [5.41, 5.74) is 0.565. The first kappa shape index (κ1) is 12.7. The standard InChI is InChI=1S/C13H9ClN2O4/c1-7-15-12(20-16-7)6-18-13(17)11-5-8-4-9(14)2-3-10(8)19-11/h2-5H,6H2,1H3. The molecular formula is C13H9ClN2O4. The van der Waals surface area contributed by atoms with E-state index in [-0.39, 0.29) is 18.3 Å². The van der Waals surface area contributed by atoms with Gasteiger partial charge in [0.05, 0.1) is 0 Å². The van der Waals surface area contributed by atoms with Crippen LogP contribution in [0.3, 0.4) is 0 Å². The first-order valence-electron chi connectivity index (χ1n) is 5.77. The van der Waals surface area contributed by atoms with Gasteiger partial charge >= 0.3 is 5.97 Å². The molecule has 7 heteroatoms. The van der Waals surface area contributed by atoms with Crippen molar-refractivity contribution in [2.45, 2.75) is 13.5 Å². The lowest BCUT2D eigenvalue weighted by Crippen LogP contribution is -2.04. The largest absolute Gasteiger partial charge is 0.450 e. The zero-order chi connectivity index (χ0) is 14.1. The molecule has 0 spiro atoms. The maximum Gasteiger partial charge on any atom is 0.374 e. The summed E-state index contributed by atoms with van der Waals surface area (Å²) in [5.74, 6) is 0.205. The monoisotopic (exact) mass is 292 g/mol. The van der Waals surface area contributed by atoms with Gasteiger partial charge in [0.15, 0.2) is 12.4 Å². The number of hydrogen-bond acceptors (Lipinski definition) is 6. The average Bonchev–Trinajstić information content (AvgIpc) is 3.01. The van der Waals surface area contributed by atoms with Gasteiger partial charge in [-0.15, -0.1) is 0 Å². The Morgan fingerprint density at radius 1 is 1.40 bits per heavy atom. The molecule has 0 radical (unpaired) electrons. The maximum atomic E-state index is 11.8. The lowest BCUT2D eigenvalue weighted by Gasteiger charge is -1.97. The molecule has 2 aromatic heterocycles. The van der Waals surface area contributed by atoms with Gasteiger partial charge in [-0.3, -0.25) is 0 Å². The van der Waals surface area contributed by atoms with Crippen molar-refractivity contribution in [2.24, 2.45) is 0 Å². The van der Waals surface area contributed by atoms with Gasteiger partial charge in [-0.25, -0.2) is 4.79 Å². The van der Waals surface area contributed by atoms with E-state index >= 15 is 0 Å². The number of nitrogens with zero attached hydrogens (tertiary/aromatic N) is 2. The van der Waals surface area contributed by atoms with Crippen LogP contribution in [0.1, 0.15) is 22.3 Å². The average molecular weight is 293 g/mol. The third-order valence-corrected chi connectivity index (χ3v) is 2.81. The van der Waals surface area contributed by atoms with Gasteiger partial charge in [0.2, 0.25) is 5.76 Å². The SMILES string of the molecule is Cc1noc(COC(=O)c2cc3cc(Cl)ccc3o2)n1. The number of carbonyl (C=O) groups excluding carboxylic acids is 1. The van der Waals surface area contributed by atoms with Gasteiger partial charge in [0.25, 0.3) is 5.89 Å². The zero-order valence-electron chi connectivity index (χ0n) is 10.4. The molecule has 2 heterocycles. The first-order chi connectivity index (χ1) is 9.61. The van der Waals surface area contributed by atoms with Crippen LogP contribution in [-0.4, -0.2) is 16.1 Å². The van der Waals surface area contributed by atoms with Crippen LogP contribution in [0, 0.1) is 6.92 Å². The van der Waals surface area contributed by atoms with Crippen molar-refractivity contribution < 1.29 is 18.5 Å². The molecule has 20 heavy (non-hydrogen) atoms. The fraction of sp³-hybridized carbons (Fsp3) is 0.154. The van der Waals surface area contributed by atoms with Crippen LogP contribution in [0.25, 0.3) is 11.0 Å². The molecule has 0 unspecified atom stereocenters. The van der Waals surface area contributed by atoms with Crippen LogP contribution in [0.15, 0.2) is 33.2 Å². The van der Waals surface area contributed by atoms with Crippen LogP contribution in [0.4, 0.5) is 0 Å². The highest BCUT2D eigenvalue weighted by atomic mass is 35.5. The molecule has 0 fully saturated rings. The Balaban J connectivity index is 1.75. The van der Waals surface area contributed by atoms with E-state index in [0.717, 1.165) is 5.39 Å². The lowest BCUT2D eigenvalue weighted by molar-refractivity contribution is 0.0396. The molecule has 0 atom stereocenters. The maximum absolute atomic E-state index is 11.8. The summed E-state index contributed by atoms with van der Waals surface area (Å²) in [6.45, 7) is 1.58. The molecule has 6 nitrogen and oxygen atoms in total. The summed E-state index contributed by atoms with van der Waals surface area (Å²) in [6, 6.07) is 6.65.